The Morgan fingerprint density at radius 3 is 2.39 bits per heavy atom. The van der Waals surface area contributed by atoms with E-state index in [0.717, 1.165) is 22.9 Å². The summed E-state index contributed by atoms with van der Waals surface area (Å²) in [5.41, 5.74) is 1.73. The van der Waals surface area contributed by atoms with Gasteiger partial charge in [-0.2, -0.15) is 13.2 Å². The molecule has 0 unspecified atom stereocenters. The zero-order valence-corrected chi connectivity index (χ0v) is 12.8. The van der Waals surface area contributed by atoms with Crippen LogP contribution in [0.3, 0.4) is 0 Å². The molecule has 0 aliphatic heterocycles. The monoisotopic (exact) mass is 322 g/mol. The van der Waals surface area contributed by atoms with E-state index in [2.05, 4.69) is 10.6 Å². The summed E-state index contributed by atoms with van der Waals surface area (Å²) in [4.78, 5) is 11.9. The summed E-state index contributed by atoms with van der Waals surface area (Å²) in [5.74, 6) is -0.540. The normalized spacial score (nSPS) is 11.2. The average Bonchev–Trinajstić information content (AvgIpc) is 2.46. The predicted molar refractivity (Wildman–Crippen MR) is 84.5 cm³/mol. The zero-order valence-electron chi connectivity index (χ0n) is 12.8. The number of hydrogen-bond donors (Lipinski definition) is 2. The Kier molecular flexibility index (Phi) is 4.93. The fourth-order valence-corrected chi connectivity index (χ4v) is 2.22. The number of nitrogens with one attached hydrogen (secondary N) is 2. The van der Waals surface area contributed by atoms with Crippen LogP contribution in [0.4, 0.5) is 24.5 Å². The second-order valence-corrected chi connectivity index (χ2v) is 5.26. The Morgan fingerprint density at radius 2 is 1.74 bits per heavy atom. The third-order valence-electron chi connectivity index (χ3n) is 3.33. The number of amides is 1. The van der Waals surface area contributed by atoms with Gasteiger partial charge in [0.15, 0.2) is 0 Å². The van der Waals surface area contributed by atoms with Crippen molar-refractivity contribution < 1.29 is 18.0 Å². The average molecular weight is 322 g/mol. The first-order valence-corrected chi connectivity index (χ1v) is 7.04. The van der Waals surface area contributed by atoms with Crippen molar-refractivity contribution in [1.82, 2.24) is 0 Å². The molecule has 0 fully saturated rings. The number of para-hydroxylation sites is 1. The smallest absolute Gasteiger partial charge is 0.376 e. The fourth-order valence-electron chi connectivity index (χ4n) is 2.22. The summed E-state index contributed by atoms with van der Waals surface area (Å²) in [5, 5.41) is 5.22. The van der Waals surface area contributed by atoms with E-state index in [0.29, 0.717) is 0 Å². The van der Waals surface area contributed by atoms with Gasteiger partial charge < -0.3 is 10.6 Å². The van der Waals surface area contributed by atoms with Crippen LogP contribution in [0, 0.1) is 13.8 Å². The van der Waals surface area contributed by atoms with Crippen molar-refractivity contribution in [3.05, 3.63) is 59.2 Å². The van der Waals surface area contributed by atoms with Gasteiger partial charge >= 0.3 is 6.18 Å². The van der Waals surface area contributed by atoms with Gasteiger partial charge in [-0.05, 0) is 37.6 Å². The maximum absolute atomic E-state index is 12.9. The number of alkyl halides is 3. The third-order valence-corrected chi connectivity index (χ3v) is 3.33. The van der Waals surface area contributed by atoms with E-state index >= 15 is 0 Å². The molecule has 2 aromatic rings. The number of anilines is 2. The van der Waals surface area contributed by atoms with E-state index in [4.69, 9.17) is 0 Å². The predicted octanol–water partition coefficient (Wildman–Crippen LogP) is 4.37. The summed E-state index contributed by atoms with van der Waals surface area (Å²) in [6.07, 6.45) is -4.51. The molecular formula is C17H17F3N2O. The van der Waals surface area contributed by atoms with Crippen molar-refractivity contribution in [2.24, 2.45) is 0 Å². The van der Waals surface area contributed by atoms with E-state index in [9.17, 15) is 18.0 Å². The van der Waals surface area contributed by atoms with E-state index in [1.807, 2.05) is 32.0 Å². The lowest BCUT2D eigenvalue weighted by molar-refractivity contribution is -0.137. The summed E-state index contributed by atoms with van der Waals surface area (Å²) in [7, 11) is 0. The molecular weight excluding hydrogens is 305 g/mol. The fraction of sp³-hybridized carbons (Fsp3) is 0.235. The van der Waals surface area contributed by atoms with Crippen LogP contribution in [-0.2, 0) is 11.0 Å². The van der Waals surface area contributed by atoms with Crippen molar-refractivity contribution in [1.29, 1.82) is 0 Å². The van der Waals surface area contributed by atoms with Gasteiger partial charge in [-0.25, -0.2) is 0 Å². The molecule has 0 bridgehead atoms. The quantitative estimate of drug-likeness (QED) is 0.877. The van der Waals surface area contributed by atoms with E-state index < -0.39 is 17.6 Å². The molecule has 0 aromatic heterocycles. The van der Waals surface area contributed by atoms with Crippen molar-refractivity contribution >= 4 is 17.3 Å². The molecule has 6 heteroatoms. The molecule has 0 radical (unpaired) electrons. The highest BCUT2D eigenvalue weighted by Gasteiger charge is 2.33. The highest BCUT2D eigenvalue weighted by Crippen LogP contribution is 2.34. The molecule has 23 heavy (non-hydrogen) atoms. The molecule has 1 amide bonds. The largest absolute Gasteiger partial charge is 0.418 e. The minimum atomic E-state index is -4.51. The van der Waals surface area contributed by atoms with Crippen molar-refractivity contribution in [3.8, 4) is 0 Å². The number of carbonyl (C=O) groups is 1. The van der Waals surface area contributed by atoms with Crippen molar-refractivity contribution in [2.45, 2.75) is 20.0 Å². The molecule has 0 saturated carbocycles. The molecule has 0 atom stereocenters. The maximum atomic E-state index is 12.9. The number of hydrogen-bond acceptors (Lipinski definition) is 2. The van der Waals surface area contributed by atoms with Crippen LogP contribution in [0.1, 0.15) is 16.7 Å². The lowest BCUT2D eigenvalue weighted by Gasteiger charge is -2.14. The number of rotatable bonds is 4. The van der Waals surface area contributed by atoms with Crippen molar-refractivity contribution in [3.63, 3.8) is 0 Å². The van der Waals surface area contributed by atoms with Gasteiger partial charge in [-0.3, -0.25) is 4.79 Å². The van der Waals surface area contributed by atoms with E-state index in [1.165, 1.54) is 18.2 Å². The van der Waals surface area contributed by atoms with Crippen LogP contribution in [0.2, 0.25) is 0 Å². The van der Waals surface area contributed by atoms with Crippen LogP contribution >= 0.6 is 0 Å². The molecule has 122 valence electrons. The Balaban J connectivity index is 2.03. The summed E-state index contributed by atoms with van der Waals surface area (Å²) < 4.78 is 38.6. The highest BCUT2D eigenvalue weighted by atomic mass is 19.4. The minimum Gasteiger partial charge on any atom is -0.376 e. The molecule has 2 aromatic carbocycles. The van der Waals surface area contributed by atoms with Crippen LogP contribution in [-0.4, -0.2) is 12.5 Å². The second kappa shape index (κ2) is 6.73. The SMILES string of the molecule is Cc1ccc(NCC(=O)Nc2ccccc2C(F)(F)F)c(C)c1. The van der Waals surface area contributed by atoms with Crippen LogP contribution in [0.25, 0.3) is 0 Å². The van der Waals surface area contributed by atoms with Gasteiger partial charge in [0.2, 0.25) is 5.91 Å². The third kappa shape index (κ3) is 4.48. The molecule has 0 aliphatic rings. The molecule has 0 aliphatic carbocycles. The Bertz CT molecular complexity index is 711. The summed E-state index contributed by atoms with van der Waals surface area (Å²) in [6, 6.07) is 10.6. The number of halogens is 3. The van der Waals surface area contributed by atoms with Crippen molar-refractivity contribution in [2.75, 3.05) is 17.2 Å². The van der Waals surface area contributed by atoms with Gasteiger partial charge in [0.1, 0.15) is 0 Å². The highest BCUT2D eigenvalue weighted by molar-refractivity contribution is 5.94. The minimum absolute atomic E-state index is 0.115. The Labute approximate surface area is 132 Å². The topological polar surface area (TPSA) is 41.1 Å². The molecule has 0 spiro atoms. The number of carbonyl (C=O) groups excluding carboxylic acids is 1. The first kappa shape index (κ1) is 16.9. The van der Waals surface area contributed by atoms with Gasteiger partial charge in [0.05, 0.1) is 17.8 Å². The Hall–Kier alpha value is -2.50. The van der Waals surface area contributed by atoms with Crippen LogP contribution in [0.15, 0.2) is 42.5 Å². The lowest BCUT2D eigenvalue weighted by Crippen LogP contribution is -2.23. The van der Waals surface area contributed by atoms with E-state index in [1.54, 1.807) is 0 Å². The number of aryl methyl sites for hydroxylation is 2. The zero-order chi connectivity index (χ0) is 17.0. The van der Waals surface area contributed by atoms with Gasteiger partial charge in [-0.15, -0.1) is 0 Å². The molecule has 2 N–H and O–H groups in total. The first-order chi connectivity index (χ1) is 10.8. The molecule has 3 nitrogen and oxygen atoms in total. The lowest BCUT2D eigenvalue weighted by atomic mass is 10.1. The van der Waals surface area contributed by atoms with Crippen LogP contribution < -0.4 is 10.6 Å². The molecule has 0 saturated heterocycles. The Morgan fingerprint density at radius 1 is 1.04 bits per heavy atom. The standard InChI is InChI=1S/C17H17F3N2O/c1-11-7-8-14(12(2)9-11)21-10-16(23)22-15-6-4-3-5-13(15)17(18,19)20/h3-9,21H,10H2,1-2H3,(H,22,23). The second-order valence-electron chi connectivity index (χ2n) is 5.26. The van der Waals surface area contributed by atoms with E-state index in [-0.39, 0.29) is 12.2 Å². The molecule has 2 rings (SSSR count). The number of benzene rings is 2. The molecule has 0 heterocycles. The first-order valence-electron chi connectivity index (χ1n) is 7.04. The van der Waals surface area contributed by atoms with Crippen LogP contribution in [0.5, 0.6) is 0 Å². The van der Waals surface area contributed by atoms with Gasteiger partial charge in [0.25, 0.3) is 0 Å². The summed E-state index contributed by atoms with van der Waals surface area (Å²) in [6.45, 7) is 3.74. The summed E-state index contributed by atoms with van der Waals surface area (Å²) >= 11 is 0. The maximum Gasteiger partial charge on any atom is 0.418 e. The van der Waals surface area contributed by atoms with Gasteiger partial charge in [-0.1, -0.05) is 29.8 Å². The van der Waals surface area contributed by atoms with Gasteiger partial charge in [0, 0.05) is 5.69 Å².